The maximum atomic E-state index is 2.32. The fourth-order valence-electron chi connectivity index (χ4n) is 3.06. The first-order valence-electron chi connectivity index (χ1n) is 9.64. The highest BCUT2D eigenvalue weighted by atomic mass is 14.0. The van der Waals surface area contributed by atoms with Crippen molar-refractivity contribution in [3.63, 3.8) is 0 Å². The van der Waals surface area contributed by atoms with Gasteiger partial charge in [-0.2, -0.15) is 0 Å². The monoisotopic (exact) mass is 320 g/mol. The van der Waals surface area contributed by atoms with Crippen LogP contribution in [0.15, 0.2) is 60.7 Å². The summed E-state index contributed by atoms with van der Waals surface area (Å²) < 4.78 is 0. The summed E-state index contributed by atoms with van der Waals surface area (Å²) in [5.74, 6) is 0. The minimum absolute atomic E-state index is 1.20. The molecule has 0 heteroatoms. The van der Waals surface area contributed by atoms with E-state index >= 15 is 0 Å². The molecule has 128 valence electrons. The Morgan fingerprint density at radius 3 is 2.33 bits per heavy atom. The lowest BCUT2D eigenvalue weighted by molar-refractivity contribution is 0.592. The fraction of sp³-hybridized carbons (Fsp3) is 0.417. The number of unbranched alkanes of at least 4 members (excludes halogenated alkanes) is 7. The number of fused-ring (bicyclic) bond motifs is 1. The molecule has 0 bridgehead atoms. The van der Waals surface area contributed by atoms with Crippen LogP contribution in [0.3, 0.4) is 0 Å². The van der Waals surface area contributed by atoms with E-state index in [9.17, 15) is 0 Å². The average molecular weight is 321 g/mol. The first-order valence-corrected chi connectivity index (χ1v) is 9.64. The summed E-state index contributed by atoms with van der Waals surface area (Å²) in [6, 6.07) is 15.3. The predicted molar refractivity (Wildman–Crippen MR) is 109 cm³/mol. The smallest absolute Gasteiger partial charge is 0.0178 e. The van der Waals surface area contributed by atoms with Gasteiger partial charge in [-0.1, -0.05) is 100 Å². The van der Waals surface area contributed by atoms with Crippen molar-refractivity contribution in [3.8, 4) is 0 Å². The summed E-state index contributed by atoms with van der Waals surface area (Å²) in [5.41, 5.74) is 2.64. The third-order valence-corrected chi connectivity index (χ3v) is 4.66. The van der Waals surface area contributed by atoms with Gasteiger partial charge in [0.2, 0.25) is 0 Å². The van der Waals surface area contributed by atoms with Crippen LogP contribution >= 0.6 is 0 Å². The highest BCUT2D eigenvalue weighted by Crippen LogP contribution is 2.21. The molecule has 0 aromatic heterocycles. The molecule has 0 spiro atoms. The van der Waals surface area contributed by atoms with E-state index in [0.29, 0.717) is 0 Å². The maximum Gasteiger partial charge on any atom is -0.0178 e. The molecule has 0 atom stereocenters. The molecule has 24 heavy (non-hydrogen) atoms. The summed E-state index contributed by atoms with van der Waals surface area (Å²) in [4.78, 5) is 0. The van der Waals surface area contributed by atoms with Gasteiger partial charge in [0.15, 0.2) is 0 Å². The Morgan fingerprint density at radius 2 is 1.54 bits per heavy atom. The van der Waals surface area contributed by atoms with Crippen LogP contribution < -0.4 is 0 Å². The van der Waals surface area contributed by atoms with E-state index in [1.807, 2.05) is 0 Å². The van der Waals surface area contributed by atoms with Crippen molar-refractivity contribution in [1.82, 2.24) is 0 Å². The number of benzene rings is 2. The highest BCUT2D eigenvalue weighted by molar-refractivity contribution is 5.86. The molecular formula is C24H32. The van der Waals surface area contributed by atoms with Crippen molar-refractivity contribution in [2.24, 2.45) is 0 Å². The van der Waals surface area contributed by atoms with Crippen LogP contribution in [0.1, 0.15) is 70.8 Å². The number of allylic oxidation sites excluding steroid dienone is 4. The van der Waals surface area contributed by atoms with Crippen molar-refractivity contribution in [2.45, 2.75) is 65.2 Å². The lowest BCUT2D eigenvalue weighted by atomic mass is 10.0. The standard InChI is InChI=1S/C24H32/c1-3-4-5-6-7-8-9-10-11-12-15-21(2)23-19-18-22-16-13-14-17-24(22)20-23/h11-20H,3-10H2,1-2H3. The van der Waals surface area contributed by atoms with Crippen molar-refractivity contribution >= 4 is 16.3 Å². The molecule has 2 aromatic carbocycles. The van der Waals surface area contributed by atoms with E-state index in [1.165, 1.54) is 73.3 Å². The molecule has 0 nitrogen and oxygen atoms in total. The molecule has 0 saturated heterocycles. The first kappa shape index (κ1) is 18.5. The second-order valence-electron chi connectivity index (χ2n) is 6.75. The topological polar surface area (TPSA) is 0 Å². The fourth-order valence-corrected chi connectivity index (χ4v) is 3.06. The Morgan fingerprint density at radius 1 is 0.833 bits per heavy atom. The molecule has 2 rings (SSSR count). The molecule has 0 heterocycles. The number of hydrogen-bond acceptors (Lipinski definition) is 0. The van der Waals surface area contributed by atoms with Gasteiger partial charge in [-0.3, -0.25) is 0 Å². The van der Waals surface area contributed by atoms with Gasteiger partial charge in [-0.15, -0.1) is 0 Å². The molecule has 0 N–H and O–H groups in total. The van der Waals surface area contributed by atoms with Gasteiger partial charge >= 0.3 is 0 Å². The maximum absolute atomic E-state index is 2.32. The second kappa shape index (κ2) is 10.9. The molecule has 0 aliphatic rings. The van der Waals surface area contributed by atoms with E-state index in [-0.39, 0.29) is 0 Å². The highest BCUT2D eigenvalue weighted by Gasteiger charge is 1.97. The molecule has 0 fully saturated rings. The van der Waals surface area contributed by atoms with Crippen molar-refractivity contribution in [2.75, 3.05) is 0 Å². The van der Waals surface area contributed by atoms with Gasteiger partial charge in [0.1, 0.15) is 0 Å². The van der Waals surface area contributed by atoms with Crippen LogP contribution in [0.5, 0.6) is 0 Å². The lowest BCUT2D eigenvalue weighted by Crippen LogP contribution is -1.80. The van der Waals surface area contributed by atoms with Gasteiger partial charge in [0, 0.05) is 0 Å². The van der Waals surface area contributed by atoms with Crippen LogP contribution in [0, 0.1) is 0 Å². The Hall–Kier alpha value is -1.82. The van der Waals surface area contributed by atoms with E-state index in [0.717, 1.165) is 0 Å². The Kier molecular flexibility index (Phi) is 8.38. The summed E-state index contributed by atoms with van der Waals surface area (Å²) >= 11 is 0. The zero-order valence-corrected chi connectivity index (χ0v) is 15.4. The van der Waals surface area contributed by atoms with Gasteiger partial charge in [-0.25, -0.2) is 0 Å². The quantitative estimate of drug-likeness (QED) is 0.308. The first-order chi connectivity index (χ1) is 11.8. The predicted octanol–water partition coefficient (Wildman–Crippen LogP) is 7.94. The molecule has 0 aliphatic heterocycles. The number of rotatable bonds is 10. The van der Waals surface area contributed by atoms with Gasteiger partial charge in [0.05, 0.1) is 0 Å². The van der Waals surface area contributed by atoms with Gasteiger partial charge in [-0.05, 0) is 47.7 Å². The Labute approximate surface area is 148 Å². The van der Waals surface area contributed by atoms with E-state index < -0.39 is 0 Å². The largest absolute Gasteiger partial charge is 0.0845 e. The average Bonchev–Trinajstić information content (AvgIpc) is 2.62. The van der Waals surface area contributed by atoms with Crippen LogP contribution in [-0.4, -0.2) is 0 Å². The third kappa shape index (κ3) is 6.35. The SMILES string of the molecule is CCCCCCCCCC=CC=C(C)c1ccc2ccccc2c1. The third-order valence-electron chi connectivity index (χ3n) is 4.66. The lowest BCUT2D eigenvalue weighted by Gasteiger charge is -2.03. The summed E-state index contributed by atoms with van der Waals surface area (Å²) in [6.45, 7) is 4.47. The van der Waals surface area contributed by atoms with E-state index in [1.54, 1.807) is 0 Å². The molecule has 0 saturated carbocycles. The Bertz CT molecular complexity index is 661. The van der Waals surface area contributed by atoms with Crippen molar-refractivity contribution in [1.29, 1.82) is 0 Å². The summed E-state index contributed by atoms with van der Waals surface area (Å²) in [7, 11) is 0. The molecular weight excluding hydrogens is 288 g/mol. The summed E-state index contributed by atoms with van der Waals surface area (Å²) in [5, 5.41) is 2.62. The van der Waals surface area contributed by atoms with Gasteiger partial charge in [0.25, 0.3) is 0 Å². The van der Waals surface area contributed by atoms with Crippen LogP contribution in [0.2, 0.25) is 0 Å². The number of hydrogen-bond donors (Lipinski definition) is 0. The van der Waals surface area contributed by atoms with Crippen LogP contribution in [0.25, 0.3) is 16.3 Å². The second-order valence-corrected chi connectivity index (χ2v) is 6.75. The normalized spacial score (nSPS) is 12.3. The minimum atomic E-state index is 1.20. The molecule has 0 amide bonds. The summed E-state index contributed by atoms with van der Waals surface area (Å²) in [6.07, 6.45) is 17.7. The molecule has 0 unspecified atom stereocenters. The van der Waals surface area contributed by atoms with Gasteiger partial charge < -0.3 is 0 Å². The minimum Gasteiger partial charge on any atom is -0.0845 e. The zero-order valence-electron chi connectivity index (χ0n) is 15.4. The zero-order chi connectivity index (χ0) is 17.0. The van der Waals surface area contributed by atoms with Crippen LogP contribution in [-0.2, 0) is 0 Å². The van der Waals surface area contributed by atoms with E-state index in [2.05, 4.69) is 74.5 Å². The van der Waals surface area contributed by atoms with Crippen LogP contribution in [0.4, 0.5) is 0 Å². The molecule has 0 aliphatic carbocycles. The van der Waals surface area contributed by atoms with E-state index in [4.69, 9.17) is 0 Å². The molecule has 2 aromatic rings. The Balaban J connectivity index is 1.74. The molecule has 0 radical (unpaired) electrons. The van der Waals surface area contributed by atoms with Crippen molar-refractivity contribution < 1.29 is 0 Å². The van der Waals surface area contributed by atoms with Crippen molar-refractivity contribution in [3.05, 3.63) is 66.3 Å².